The van der Waals surface area contributed by atoms with Crippen LogP contribution in [0.1, 0.15) is 32.3 Å². The van der Waals surface area contributed by atoms with Gasteiger partial charge in [0.15, 0.2) is 0 Å². The van der Waals surface area contributed by atoms with Crippen molar-refractivity contribution in [1.82, 2.24) is 14.9 Å². The summed E-state index contributed by atoms with van der Waals surface area (Å²) in [5, 5.41) is 5.10. The Hall–Kier alpha value is -0.470. The molecular weight excluding hydrogens is 306 g/mol. The van der Waals surface area contributed by atoms with Gasteiger partial charge in [0.25, 0.3) is 0 Å². The summed E-state index contributed by atoms with van der Waals surface area (Å²) in [6, 6.07) is 2.61. The summed E-state index contributed by atoms with van der Waals surface area (Å²) in [5.41, 5.74) is 1.02. The van der Waals surface area contributed by atoms with Crippen molar-refractivity contribution in [1.29, 1.82) is 0 Å². The average Bonchev–Trinajstić information content (AvgIpc) is 3.19. The highest BCUT2D eigenvalue weighted by Crippen LogP contribution is 2.27. The molecule has 1 heterocycles. The first-order valence-electron chi connectivity index (χ1n) is 7.43. The lowest BCUT2D eigenvalue weighted by atomic mass is 10.3. The molecule has 1 aliphatic rings. The van der Waals surface area contributed by atoms with Crippen LogP contribution in [-0.2, 0) is 16.6 Å². The second-order valence-electron chi connectivity index (χ2n) is 5.65. The SMILES string of the molecule is CCNCc1csc(S(=O)(=O)NCC(C)N(C)C2CC2)c1. The predicted molar refractivity (Wildman–Crippen MR) is 87.1 cm³/mol. The van der Waals surface area contributed by atoms with Gasteiger partial charge in [-0.1, -0.05) is 6.92 Å². The fourth-order valence-electron chi connectivity index (χ4n) is 2.14. The summed E-state index contributed by atoms with van der Waals surface area (Å²) in [7, 11) is -1.32. The van der Waals surface area contributed by atoms with Crippen LogP contribution in [-0.4, -0.2) is 45.5 Å². The molecule has 0 amide bonds. The molecule has 0 radical (unpaired) electrons. The van der Waals surface area contributed by atoms with Crippen LogP contribution in [0.4, 0.5) is 0 Å². The second kappa shape index (κ2) is 7.19. The van der Waals surface area contributed by atoms with E-state index in [1.165, 1.54) is 24.2 Å². The van der Waals surface area contributed by atoms with Crippen LogP contribution >= 0.6 is 11.3 Å². The maximum atomic E-state index is 12.3. The van der Waals surface area contributed by atoms with Crippen LogP contribution in [0.2, 0.25) is 0 Å². The lowest BCUT2D eigenvalue weighted by Gasteiger charge is -2.24. The minimum absolute atomic E-state index is 0.216. The van der Waals surface area contributed by atoms with Gasteiger partial charge in [-0.3, -0.25) is 4.90 Å². The third-order valence-corrected chi connectivity index (χ3v) is 6.77. The zero-order chi connectivity index (χ0) is 15.5. The van der Waals surface area contributed by atoms with Crippen molar-refractivity contribution < 1.29 is 8.42 Å². The maximum absolute atomic E-state index is 12.3. The summed E-state index contributed by atoms with van der Waals surface area (Å²) in [4.78, 5) is 2.26. The fraction of sp³-hybridized carbons (Fsp3) is 0.714. The van der Waals surface area contributed by atoms with Gasteiger partial charge >= 0.3 is 0 Å². The van der Waals surface area contributed by atoms with Crippen LogP contribution in [0.5, 0.6) is 0 Å². The molecule has 0 aromatic carbocycles. The van der Waals surface area contributed by atoms with E-state index in [0.717, 1.165) is 12.1 Å². The molecule has 0 spiro atoms. The Kier molecular flexibility index (Phi) is 5.79. The van der Waals surface area contributed by atoms with Gasteiger partial charge < -0.3 is 5.32 Å². The largest absolute Gasteiger partial charge is 0.313 e. The quantitative estimate of drug-likeness (QED) is 0.722. The summed E-state index contributed by atoms with van der Waals surface area (Å²) >= 11 is 1.28. The van der Waals surface area contributed by atoms with Crippen molar-refractivity contribution in [2.45, 2.75) is 49.5 Å². The molecule has 1 aliphatic carbocycles. The second-order valence-corrected chi connectivity index (χ2v) is 8.56. The minimum atomic E-state index is -3.38. The van der Waals surface area contributed by atoms with Crippen LogP contribution in [0.15, 0.2) is 15.7 Å². The highest BCUT2D eigenvalue weighted by molar-refractivity contribution is 7.91. The Morgan fingerprint density at radius 1 is 1.48 bits per heavy atom. The van der Waals surface area contributed by atoms with E-state index in [1.807, 2.05) is 12.3 Å². The molecule has 7 heteroatoms. The van der Waals surface area contributed by atoms with Crippen molar-refractivity contribution in [3.8, 4) is 0 Å². The number of thiophene rings is 1. The van der Waals surface area contributed by atoms with Crippen molar-refractivity contribution in [3.63, 3.8) is 0 Å². The van der Waals surface area contributed by atoms with E-state index in [-0.39, 0.29) is 6.04 Å². The molecule has 1 unspecified atom stereocenters. The number of hydrogen-bond donors (Lipinski definition) is 2. The Balaban J connectivity index is 1.89. The van der Waals surface area contributed by atoms with E-state index in [4.69, 9.17) is 0 Å². The standard InChI is InChI=1S/C14H25N3O2S2/c1-4-15-9-12-7-14(20-10-12)21(18,19)16-8-11(2)17(3)13-5-6-13/h7,10-11,13,15-16H,4-6,8-9H2,1-3H3. The first-order chi connectivity index (χ1) is 9.94. The van der Waals surface area contributed by atoms with Gasteiger partial charge in [0.1, 0.15) is 4.21 Å². The zero-order valence-electron chi connectivity index (χ0n) is 12.9. The molecule has 21 heavy (non-hydrogen) atoms. The van der Waals surface area contributed by atoms with E-state index < -0.39 is 10.0 Å². The van der Waals surface area contributed by atoms with Crippen LogP contribution in [0, 0.1) is 0 Å². The lowest BCUT2D eigenvalue weighted by molar-refractivity contribution is 0.248. The first-order valence-corrected chi connectivity index (χ1v) is 9.80. The van der Waals surface area contributed by atoms with E-state index in [9.17, 15) is 8.42 Å². The Labute approximate surface area is 131 Å². The van der Waals surface area contributed by atoms with E-state index in [2.05, 4.69) is 28.9 Å². The molecule has 120 valence electrons. The number of hydrogen-bond acceptors (Lipinski definition) is 5. The van der Waals surface area contributed by atoms with Crippen LogP contribution in [0.3, 0.4) is 0 Å². The molecular formula is C14H25N3O2S2. The molecule has 1 saturated carbocycles. The van der Waals surface area contributed by atoms with Crippen LogP contribution < -0.4 is 10.0 Å². The van der Waals surface area contributed by atoms with Gasteiger partial charge in [-0.2, -0.15) is 0 Å². The first kappa shape index (κ1) is 16.9. The highest BCUT2D eigenvalue weighted by atomic mass is 32.2. The maximum Gasteiger partial charge on any atom is 0.250 e. The molecule has 5 nitrogen and oxygen atoms in total. The van der Waals surface area contributed by atoms with Crippen LogP contribution in [0.25, 0.3) is 0 Å². The molecule has 0 bridgehead atoms. The Morgan fingerprint density at radius 3 is 2.81 bits per heavy atom. The molecule has 2 N–H and O–H groups in total. The van der Waals surface area contributed by atoms with Crippen molar-refractivity contribution in [2.24, 2.45) is 0 Å². The highest BCUT2D eigenvalue weighted by Gasteiger charge is 2.29. The predicted octanol–water partition coefficient (Wildman–Crippen LogP) is 1.62. The monoisotopic (exact) mass is 331 g/mol. The van der Waals surface area contributed by atoms with Crippen molar-refractivity contribution >= 4 is 21.4 Å². The summed E-state index contributed by atoms with van der Waals surface area (Å²) in [6.07, 6.45) is 2.46. The number of nitrogens with zero attached hydrogens (tertiary/aromatic N) is 1. The molecule has 1 fully saturated rings. The molecule has 1 atom stereocenters. The summed E-state index contributed by atoms with van der Waals surface area (Å²) in [6.45, 7) is 6.13. The average molecular weight is 332 g/mol. The molecule has 2 rings (SSSR count). The smallest absolute Gasteiger partial charge is 0.250 e. The van der Waals surface area contributed by atoms with E-state index >= 15 is 0 Å². The van der Waals surface area contributed by atoms with Gasteiger partial charge in [-0.15, -0.1) is 11.3 Å². The number of rotatable bonds is 9. The van der Waals surface area contributed by atoms with E-state index in [1.54, 1.807) is 6.07 Å². The zero-order valence-corrected chi connectivity index (χ0v) is 14.6. The number of likely N-dealkylation sites (N-methyl/N-ethyl adjacent to an activating group) is 1. The normalized spacial score (nSPS) is 17.3. The summed E-state index contributed by atoms with van der Waals surface area (Å²) in [5.74, 6) is 0. The minimum Gasteiger partial charge on any atom is -0.313 e. The molecule has 1 aromatic heterocycles. The Bertz CT molecular complexity index is 552. The molecule has 0 aliphatic heterocycles. The van der Waals surface area contributed by atoms with Gasteiger partial charge in [0.05, 0.1) is 0 Å². The molecule has 0 saturated heterocycles. The number of nitrogens with one attached hydrogen (secondary N) is 2. The molecule has 1 aromatic rings. The van der Waals surface area contributed by atoms with Gasteiger partial charge in [-0.25, -0.2) is 13.1 Å². The lowest BCUT2D eigenvalue weighted by Crippen LogP contribution is -2.40. The van der Waals surface area contributed by atoms with Gasteiger partial charge in [-0.05, 0) is 50.4 Å². The number of sulfonamides is 1. The fourth-order valence-corrected chi connectivity index (χ4v) is 4.52. The van der Waals surface area contributed by atoms with E-state index in [0.29, 0.717) is 23.3 Å². The third-order valence-electron chi connectivity index (χ3n) is 3.86. The Morgan fingerprint density at radius 2 is 2.19 bits per heavy atom. The van der Waals surface area contributed by atoms with Crippen molar-refractivity contribution in [3.05, 3.63) is 17.0 Å². The summed E-state index contributed by atoms with van der Waals surface area (Å²) < 4.78 is 27.7. The van der Waals surface area contributed by atoms with Gasteiger partial charge in [0, 0.05) is 25.2 Å². The van der Waals surface area contributed by atoms with Gasteiger partial charge in [0.2, 0.25) is 10.0 Å². The van der Waals surface area contributed by atoms with Crippen molar-refractivity contribution in [2.75, 3.05) is 20.1 Å². The topological polar surface area (TPSA) is 61.4 Å². The third kappa shape index (κ3) is 4.75.